The number of rotatable bonds is 1. The fourth-order valence-corrected chi connectivity index (χ4v) is 8.07. The predicted octanol–water partition coefficient (Wildman–Crippen LogP) is 6.45. The van der Waals surface area contributed by atoms with Gasteiger partial charge < -0.3 is 0 Å². The van der Waals surface area contributed by atoms with Gasteiger partial charge in [-0.3, -0.25) is 0 Å². The van der Waals surface area contributed by atoms with Crippen molar-refractivity contribution >= 4 is 0 Å². The van der Waals surface area contributed by atoms with Gasteiger partial charge in [0, 0.05) is 0 Å². The molecule has 4 aliphatic carbocycles. The van der Waals surface area contributed by atoms with E-state index in [1.54, 1.807) is 51.4 Å². The van der Waals surface area contributed by atoms with Gasteiger partial charge in [0.05, 0.1) is 0 Å². The van der Waals surface area contributed by atoms with Crippen LogP contribution in [0.4, 0.5) is 0 Å². The zero-order chi connectivity index (χ0) is 14.7. The van der Waals surface area contributed by atoms with E-state index in [-0.39, 0.29) is 0 Å². The molecule has 21 heavy (non-hydrogen) atoms. The first-order valence-corrected chi connectivity index (χ1v) is 10.1. The summed E-state index contributed by atoms with van der Waals surface area (Å²) in [7, 11) is 0. The van der Waals surface area contributed by atoms with E-state index < -0.39 is 0 Å². The smallest absolute Gasteiger partial charge is 0.0266 e. The van der Waals surface area contributed by atoms with E-state index in [1.807, 2.05) is 0 Å². The minimum absolute atomic E-state index is 0.716. The van der Waals surface area contributed by atoms with E-state index in [4.69, 9.17) is 0 Å². The third-order valence-corrected chi connectivity index (χ3v) is 9.27. The maximum atomic E-state index is 2.71. The summed E-state index contributed by atoms with van der Waals surface area (Å²) in [6.45, 7) is 7.84. The molecule has 0 heteroatoms. The highest BCUT2D eigenvalue weighted by Crippen LogP contribution is 2.67. The summed E-state index contributed by atoms with van der Waals surface area (Å²) < 4.78 is 0. The van der Waals surface area contributed by atoms with Gasteiger partial charge in [0.2, 0.25) is 0 Å². The summed E-state index contributed by atoms with van der Waals surface area (Å²) in [5, 5.41) is 0. The van der Waals surface area contributed by atoms with Crippen molar-refractivity contribution in [1.82, 2.24) is 0 Å². The summed E-state index contributed by atoms with van der Waals surface area (Å²) >= 11 is 0. The van der Waals surface area contributed by atoms with Gasteiger partial charge in [-0.1, -0.05) is 40.0 Å². The van der Waals surface area contributed by atoms with Crippen LogP contribution >= 0.6 is 0 Å². The van der Waals surface area contributed by atoms with Crippen molar-refractivity contribution < 1.29 is 0 Å². The van der Waals surface area contributed by atoms with Crippen LogP contribution in [0.2, 0.25) is 0 Å². The lowest BCUT2D eigenvalue weighted by Crippen LogP contribution is -2.52. The SMILES string of the molecule is CC[C@H]1CC[C@H]2[C@@H]3CC[C@@H]4CCCC[C@]4(C)[C@H]3CC[C@]12C. The Balaban J connectivity index is 1.62. The standard InChI is InChI=1S/C21H36/c1-4-15-9-11-18-17-10-8-16-7-5-6-13-20(16,2)19(17)12-14-21(15,18)3/h15-19H,4-14H2,1-3H3/t15-,16-,17-,18-,19-,20-,21+/m0/s1. The molecule has 4 aliphatic rings. The highest BCUT2D eigenvalue weighted by Gasteiger charge is 2.59. The first-order chi connectivity index (χ1) is 10.1. The van der Waals surface area contributed by atoms with Crippen molar-refractivity contribution in [2.75, 3.05) is 0 Å². The zero-order valence-electron chi connectivity index (χ0n) is 14.7. The Kier molecular flexibility index (Phi) is 3.47. The van der Waals surface area contributed by atoms with E-state index in [1.165, 1.54) is 19.3 Å². The van der Waals surface area contributed by atoms with Crippen molar-refractivity contribution in [2.24, 2.45) is 40.4 Å². The van der Waals surface area contributed by atoms with Gasteiger partial charge in [0.25, 0.3) is 0 Å². The minimum atomic E-state index is 0.716. The fourth-order valence-electron chi connectivity index (χ4n) is 8.07. The molecule has 120 valence electrons. The Labute approximate surface area is 132 Å². The van der Waals surface area contributed by atoms with Crippen LogP contribution < -0.4 is 0 Å². The van der Waals surface area contributed by atoms with Crippen molar-refractivity contribution in [3.8, 4) is 0 Å². The van der Waals surface area contributed by atoms with Gasteiger partial charge in [-0.2, -0.15) is 0 Å². The Morgan fingerprint density at radius 3 is 2.38 bits per heavy atom. The fraction of sp³-hybridized carbons (Fsp3) is 1.00. The Morgan fingerprint density at radius 1 is 0.762 bits per heavy atom. The van der Waals surface area contributed by atoms with E-state index in [0.29, 0.717) is 5.41 Å². The third-order valence-electron chi connectivity index (χ3n) is 9.27. The summed E-state index contributed by atoms with van der Waals surface area (Å²) in [6, 6.07) is 0. The lowest BCUT2D eigenvalue weighted by molar-refractivity contribution is -0.110. The number of fused-ring (bicyclic) bond motifs is 5. The first kappa shape index (κ1) is 14.6. The molecule has 7 atom stereocenters. The topological polar surface area (TPSA) is 0 Å². The molecule has 0 unspecified atom stereocenters. The molecular weight excluding hydrogens is 252 g/mol. The monoisotopic (exact) mass is 288 g/mol. The van der Waals surface area contributed by atoms with Crippen molar-refractivity contribution in [2.45, 2.75) is 91.4 Å². The quantitative estimate of drug-likeness (QED) is 0.520. The van der Waals surface area contributed by atoms with Crippen LogP contribution in [-0.4, -0.2) is 0 Å². The third kappa shape index (κ3) is 1.93. The second-order valence-corrected chi connectivity index (χ2v) is 9.63. The van der Waals surface area contributed by atoms with Crippen LogP contribution in [0.3, 0.4) is 0 Å². The van der Waals surface area contributed by atoms with Crippen molar-refractivity contribution in [3.63, 3.8) is 0 Å². The molecule has 4 saturated carbocycles. The Hall–Kier alpha value is 0. The van der Waals surface area contributed by atoms with E-state index >= 15 is 0 Å². The van der Waals surface area contributed by atoms with Gasteiger partial charge in [-0.15, -0.1) is 0 Å². The van der Waals surface area contributed by atoms with Gasteiger partial charge in [0.1, 0.15) is 0 Å². The molecule has 0 aliphatic heterocycles. The zero-order valence-corrected chi connectivity index (χ0v) is 14.7. The molecule has 0 nitrogen and oxygen atoms in total. The molecule has 0 saturated heterocycles. The molecule has 0 bridgehead atoms. The van der Waals surface area contributed by atoms with Crippen LogP contribution in [0, 0.1) is 40.4 Å². The molecule has 4 rings (SSSR count). The Bertz CT molecular complexity index is 399. The van der Waals surface area contributed by atoms with Gasteiger partial charge in [0.15, 0.2) is 0 Å². The van der Waals surface area contributed by atoms with Crippen LogP contribution in [0.5, 0.6) is 0 Å². The molecule has 0 aromatic rings. The molecule has 4 fully saturated rings. The number of hydrogen-bond donors (Lipinski definition) is 0. The van der Waals surface area contributed by atoms with Crippen LogP contribution in [0.1, 0.15) is 91.4 Å². The van der Waals surface area contributed by atoms with E-state index in [9.17, 15) is 0 Å². The summed E-state index contributed by atoms with van der Waals surface area (Å²) in [5.74, 6) is 5.39. The first-order valence-electron chi connectivity index (χ1n) is 10.1. The molecule has 0 heterocycles. The molecule has 0 N–H and O–H groups in total. The second kappa shape index (κ2) is 5.00. The largest absolute Gasteiger partial charge is 0.0651 e. The van der Waals surface area contributed by atoms with Crippen molar-refractivity contribution in [3.05, 3.63) is 0 Å². The van der Waals surface area contributed by atoms with E-state index in [0.717, 1.165) is 35.0 Å². The minimum Gasteiger partial charge on any atom is -0.0651 e. The average Bonchev–Trinajstić information content (AvgIpc) is 2.83. The summed E-state index contributed by atoms with van der Waals surface area (Å²) in [5.41, 5.74) is 1.45. The molecule has 0 spiro atoms. The van der Waals surface area contributed by atoms with Gasteiger partial charge in [-0.25, -0.2) is 0 Å². The summed E-state index contributed by atoms with van der Waals surface area (Å²) in [4.78, 5) is 0. The van der Waals surface area contributed by atoms with E-state index in [2.05, 4.69) is 20.8 Å². The average molecular weight is 289 g/mol. The normalized spacial score (nSPS) is 56.4. The predicted molar refractivity (Wildman–Crippen MR) is 90.1 cm³/mol. The molecule has 0 radical (unpaired) electrons. The molecule has 0 aromatic carbocycles. The van der Waals surface area contributed by atoms with Gasteiger partial charge in [-0.05, 0) is 91.8 Å². The van der Waals surface area contributed by atoms with Crippen LogP contribution in [0.15, 0.2) is 0 Å². The lowest BCUT2D eigenvalue weighted by Gasteiger charge is -2.60. The number of hydrogen-bond acceptors (Lipinski definition) is 0. The molecular formula is C21H36. The van der Waals surface area contributed by atoms with Gasteiger partial charge >= 0.3 is 0 Å². The van der Waals surface area contributed by atoms with Crippen molar-refractivity contribution in [1.29, 1.82) is 0 Å². The molecule has 0 amide bonds. The lowest BCUT2D eigenvalue weighted by atomic mass is 9.45. The highest BCUT2D eigenvalue weighted by atomic mass is 14.6. The maximum absolute atomic E-state index is 2.71. The second-order valence-electron chi connectivity index (χ2n) is 9.63. The summed E-state index contributed by atoms with van der Waals surface area (Å²) in [6.07, 6.45) is 17.0. The van der Waals surface area contributed by atoms with Crippen LogP contribution in [0.25, 0.3) is 0 Å². The maximum Gasteiger partial charge on any atom is -0.0266 e. The Morgan fingerprint density at radius 2 is 1.57 bits per heavy atom. The highest BCUT2D eigenvalue weighted by molar-refractivity contribution is 5.08. The molecule has 0 aromatic heterocycles. The van der Waals surface area contributed by atoms with Crippen LogP contribution in [-0.2, 0) is 0 Å².